The quantitative estimate of drug-likeness (QED) is 0.684. The minimum absolute atomic E-state index is 0.00189. The average molecular weight is 257 g/mol. The van der Waals surface area contributed by atoms with E-state index in [-0.39, 0.29) is 17.7 Å². The van der Waals surface area contributed by atoms with Gasteiger partial charge in [0.05, 0.1) is 12.0 Å². The van der Waals surface area contributed by atoms with Crippen molar-refractivity contribution >= 4 is 11.8 Å². The molecule has 0 aromatic heterocycles. The summed E-state index contributed by atoms with van der Waals surface area (Å²) in [5.74, 6) is -0.194. The van der Waals surface area contributed by atoms with Crippen molar-refractivity contribution in [2.75, 3.05) is 33.9 Å². The van der Waals surface area contributed by atoms with Gasteiger partial charge in [0.25, 0.3) is 0 Å². The van der Waals surface area contributed by atoms with Crippen molar-refractivity contribution in [3.63, 3.8) is 0 Å². The van der Waals surface area contributed by atoms with Gasteiger partial charge in [0.1, 0.15) is 0 Å². The van der Waals surface area contributed by atoms with E-state index in [1.54, 1.807) is 19.1 Å². The number of hydrogen-bond acceptors (Lipinski definition) is 4. The zero-order valence-electron chi connectivity index (χ0n) is 11.1. The molecule has 1 fully saturated rings. The lowest BCUT2D eigenvalue weighted by Crippen LogP contribution is -2.50. The molecule has 1 heterocycles. The average Bonchev–Trinajstić information content (AvgIpc) is 2.43. The number of rotatable bonds is 5. The predicted octanol–water partition coefficient (Wildman–Crippen LogP) is -0.665. The van der Waals surface area contributed by atoms with Gasteiger partial charge in [0.15, 0.2) is 0 Å². The number of nitrogens with two attached hydrogens (primary N) is 1. The van der Waals surface area contributed by atoms with Crippen LogP contribution in [-0.4, -0.2) is 56.6 Å². The Morgan fingerprint density at radius 1 is 1.56 bits per heavy atom. The molecule has 0 saturated carbocycles. The number of nitrogens with zero attached hydrogens (tertiary/aromatic N) is 1. The van der Waals surface area contributed by atoms with Crippen LogP contribution in [0.3, 0.4) is 0 Å². The minimum atomic E-state index is -0.534. The first-order chi connectivity index (χ1) is 8.60. The second kappa shape index (κ2) is 7.33. The van der Waals surface area contributed by atoms with Gasteiger partial charge < -0.3 is 20.7 Å². The highest BCUT2D eigenvalue weighted by molar-refractivity contribution is 5.83. The van der Waals surface area contributed by atoms with Crippen LogP contribution in [0.5, 0.6) is 0 Å². The molecule has 1 aliphatic heterocycles. The van der Waals surface area contributed by atoms with E-state index in [1.165, 1.54) is 0 Å². The van der Waals surface area contributed by atoms with Gasteiger partial charge in [-0.1, -0.05) is 0 Å². The smallest absolute Gasteiger partial charge is 0.239 e. The van der Waals surface area contributed by atoms with Crippen LogP contribution < -0.4 is 11.1 Å². The summed E-state index contributed by atoms with van der Waals surface area (Å²) in [6.07, 6.45) is 2.19. The SMILES string of the molecule is CNC(=O)C1CCCN(C(=O)C(N)CCOC)C1. The summed E-state index contributed by atoms with van der Waals surface area (Å²) in [6.45, 7) is 1.63. The van der Waals surface area contributed by atoms with Gasteiger partial charge in [0, 0.05) is 33.9 Å². The number of hydrogen-bond donors (Lipinski definition) is 2. The van der Waals surface area contributed by atoms with Crippen molar-refractivity contribution in [3.05, 3.63) is 0 Å². The molecule has 0 spiro atoms. The molecule has 0 aliphatic carbocycles. The van der Waals surface area contributed by atoms with Crippen molar-refractivity contribution in [2.45, 2.75) is 25.3 Å². The third-order valence-corrected chi connectivity index (χ3v) is 3.30. The van der Waals surface area contributed by atoms with Crippen molar-refractivity contribution in [1.82, 2.24) is 10.2 Å². The zero-order chi connectivity index (χ0) is 13.5. The molecule has 2 atom stereocenters. The largest absolute Gasteiger partial charge is 0.385 e. The molecule has 3 N–H and O–H groups in total. The van der Waals surface area contributed by atoms with Crippen molar-refractivity contribution in [3.8, 4) is 0 Å². The lowest BCUT2D eigenvalue weighted by molar-refractivity contribution is -0.137. The van der Waals surface area contributed by atoms with Crippen LogP contribution in [0.1, 0.15) is 19.3 Å². The Kier molecular flexibility index (Phi) is 6.07. The minimum Gasteiger partial charge on any atom is -0.385 e. The molecular formula is C12H23N3O3. The number of likely N-dealkylation sites (tertiary alicyclic amines) is 1. The highest BCUT2D eigenvalue weighted by Gasteiger charge is 2.29. The molecule has 6 nitrogen and oxygen atoms in total. The van der Waals surface area contributed by atoms with Crippen LogP contribution in [0.2, 0.25) is 0 Å². The second-order valence-electron chi connectivity index (χ2n) is 4.63. The Bertz CT molecular complexity index is 296. The van der Waals surface area contributed by atoms with E-state index in [0.717, 1.165) is 12.8 Å². The summed E-state index contributed by atoms with van der Waals surface area (Å²) in [7, 11) is 3.20. The van der Waals surface area contributed by atoms with Crippen LogP contribution in [-0.2, 0) is 14.3 Å². The third kappa shape index (κ3) is 3.96. The standard InChI is InChI=1S/C12H23N3O3/c1-14-11(16)9-4-3-6-15(8-9)12(17)10(13)5-7-18-2/h9-10H,3-8,13H2,1-2H3,(H,14,16). The first-order valence-corrected chi connectivity index (χ1v) is 6.35. The molecule has 0 bridgehead atoms. The summed E-state index contributed by atoms with van der Waals surface area (Å²) < 4.78 is 4.91. The van der Waals surface area contributed by atoms with E-state index in [1.807, 2.05) is 0 Å². The topological polar surface area (TPSA) is 84.7 Å². The first-order valence-electron chi connectivity index (χ1n) is 6.35. The summed E-state index contributed by atoms with van der Waals surface area (Å²) >= 11 is 0. The number of piperidine rings is 1. The van der Waals surface area contributed by atoms with E-state index in [2.05, 4.69) is 5.32 Å². The normalized spacial score (nSPS) is 21.5. The van der Waals surface area contributed by atoms with Crippen LogP contribution >= 0.6 is 0 Å². The molecule has 2 unspecified atom stereocenters. The van der Waals surface area contributed by atoms with E-state index in [4.69, 9.17) is 10.5 Å². The zero-order valence-corrected chi connectivity index (χ0v) is 11.1. The molecule has 18 heavy (non-hydrogen) atoms. The summed E-state index contributed by atoms with van der Waals surface area (Å²) in [6, 6.07) is -0.534. The highest BCUT2D eigenvalue weighted by atomic mass is 16.5. The van der Waals surface area contributed by atoms with Gasteiger partial charge >= 0.3 is 0 Å². The number of ether oxygens (including phenoxy) is 1. The molecule has 6 heteroatoms. The number of amides is 2. The number of nitrogens with one attached hydrogen (secondary N) is 1. The van der Waals surface area contributed by atoms with Gasteiger partial charge in [-0.2, -0.15) is 0 Å². The fourth-order valence-corrected chi connectivity index (χ4v) is 2.20. The molecule has 0 radical (unpaired) electrons. The van der Waals surface area contributed by atoms with E-state index < -0.39 is 6.04 Å². The third-order valence-electron chi connectivity index (χ3n) is 3.30. The molecule has 2 amide bonds. The van der Waals surface area contributed by atoms with Gasteiger partial charge in [-0.3, -0.25) is 9.59 Å². The first kappa shape index (κ1) is 14.9. The van der Waals surface area contributed by atoms with Gasteiger partial charge in [-0.25, -0.2) is 0 Å². The fraction of sp³-hybridized carbons (Fsp3) is 0.833. The summed E-state index contributed by atoms with van der Waals surface area (Å²) in [4.78, 5) is 25.3. The highest BCUT2D eigenvalue weighted by Crippen LogP contribution is 2.17. The van der Waals surface area contributed by atoms with Crippen molar-refractivity contribution in [1.29, 1.82) is 0 Å². The van der Waals surface area contributed by atoms with Crippen LogP contribution in [0.4, 0.5) is 0 Å². The van der Waals surface area contributed by atoms with Crippen LogP contribution in [0.15, 0.2) is 0 Å². The van der Waals surface area contributed by atoms with Crippen LogP contribution in [0, 0.1) is 5.92 Å². The van der Waals surface area contributed by atoms with Gasteiger partial charge in [0.2, 0.25) is 11.8 Å². The second-order valence-corrected chi connectivity index (χ2v) is 4.63. The number of carbonyl (C=O) groups is 2. The Morgan fingerprint density at radius 2 is 2.28 bits per heavy atom. The lowest BCUT2D eigenvalue weighted by Gasteiger charge is -2.33. The van der Waals surface area contributed by atoms with E-state index in [9.17, 15) is 9.59 Å². The Morgan fingerprint density at radius 3 is 2.89 bits per heavy atom. The van der Waals surface area contributed by atoms with Crippen molar-refractivity contribution < 1.29 is 14.3 Å². The maximum absolute atomic E-state index is 12.1. The predicted molar refractivity (Wildman–Crippen MR) is 67.8 cm³/mol. The summed E-state index contributed by atoms with van der Waals surface area (Å²) in [5.41, 5.74) is 5.82. The van der Waals surface area contributed by atoms with Crippen LogP contribution in [0.25, 0.3) is 0 Å². The molecule has 1 aliphatic rings. The molecule has 0 aromatic carbocycles. The van der Waals surface area contributed by atoms with Gasteiger partial charge in [-0.05, 0) is 19.3 Å². The maximum Gasteiger partial charge on any atom is 0.239 e. The summed E-state index contributed by atoms with van der Waals surface area (Å²) in [5, 5.41) is 2.63. The van der Waals surface area contributed by atoms with Crippen molar-refractivity contribution in [2.24, 2.45) is 11.7 Å². The Labute approximate surface area is 108 Å². The molecule has 1 saturated heterocycles. The number of carbonyl (C=O) groups excluding carboxylic acids is 2. The molecular weight excluding hydrogens is 234 g/mol. The molecule has 0 aromatic rings. The Hall–Kier alpha value is -1.14. The lowest BCUT2D eigenvalue weighted by atomic mass is 9.96. The number of methoxy groups -OCH3 is 1. The maximum atomic E-state index is 12.1. The fourth-order valence-electron chi connectivity index (χ4n) is 2.20. The van der Waals surface area contributed by atoms with E-state index in [0.29, 0.717) is 26.1 Å². The molecule has 104 valence electrons. The Balaban J connectivity index is 2.50. The van der Waals surface area contributed by atoms with E-state index >= 15 is 0 Å². The van der Waals surface area contributed by atoms with Gasteiger partial charge in [-0.15, -0.1) is 0 Å². The monoisotopic (exact) mass is 257 g/mol. The molecule has 1 rings (SSSR count).